The minimum atomic E-state index is -0.461. The largest absolute Gasteiger partial charge is 0.482 e. The summed E-state index contributed by atoms with van der Waals surface area (Å²) in [6, 6.07) is 9.18. The van der Waals surface area contributed by atoms with Gasteiger partial charge in [-0.3, -0.25) is 0 Å². The molecule has 0 spiro atoms. The number of ether oxygens (including phenoxy) is 2. The van der Waals surface area contributed by atoms with Crippen LogP contribution >= 0.6 is 0 Å². The van der Waals surface area contributed by atoms with Gasteiger partial charge in [-0.25, -0.2) is 4.79 Å². The predicted molar refractivity (Wildman–Crippen MR) is 86.9 cm³/mol. The van der Waals surface area contributed by atoms with Crippen LogP contribution in [-0.2, 0) is 42.2 Å². The molecule has 21 heavy (non-hydrogen) atoms. The van der Waals surface area contributed by atoms with Crippen LogP contribution in [0.15, 0.2) is 30.3 Å². The summed E-state index contributed by atoms with van der Waals surface area (Å²) in [6.45, 7) is 13.4. The molecule has 0 bridgehead atoms. The topological polar surface area (TPSA) is 35.5 Å². The van der Waals surface area contributed by atoms with Crippen molar-refractivity contribution in [1.29, 1.82) is 0 Å². The Kier molecular flexibility index (Phi) is 24.1. The summed E-state index contributed by atoms with van der Waals surface area (Å²) >= 11 is 0. The van der Waals surface area contributed by atoms with E-state index in [0.29, 0.717) is 5.75 Å². The fourth-order valence-corrected chi connectivity index (χ4v) is 1.03. The van der Waals surface area contributed by atoms with Gasteiger partial charge in [0.15, 0.2) is 6.61 Å². The molecule has 0 saturated carbocycles. The number of para-hydroxylation sites is 1. The van der Waals surface area contributed by atoms with Crippen LogP contribution in [-0.4, -0.2) is 18.2 Å². The van der Waals surface area contributed by atoms with Crippen molar-refractivity contribution in [3.8, 4) is 5.75 Å². The zero-order valence-corrected chi connectivity index (χ0v) is 17.7. The third-order valence-electron chi connectivity index (χ3n) is 1.52. The molecule has 0 heterocycles. The van der Waals surface area contributed by atoms with Crippen molar-refractivity contribution < 1.29 is 47.0 Å². The van der Waals surface area contributed by atoms with Crippen LogP contribution < -0.4 is 4.74 Å². The van der Waals surface area contributed by atoms with E-state index in [0.717, 1.165) is 0 Å². The summed E-state index contributed by atoms with van der Waals surface area (Å²) < 4.78 is 10.3. The zero-order chi connectivity index (χ0) is 15.3. The van der Waals surface area contributed by atoms with E-state index in [1.165, 1.54) is 0 Å². The second-order valence-corrected chi connectivity index (χ2v) is 4.19. The number of hydrogen-bond donors (Lipinski definition) is 0. The Balaban J connectivity index is -0.000000221. The van der Waals surface area contributed by atoms with Crippen LogP contribution in [0.2, 0.25) is 0 Å². The van der Waals surface area contributed by atoms with Crippen LogP contribution in [0.5, 0.6) is 5.75 Å². The van der Waals surface area contributed by atoms with E-state index >= 15 is 0 Å². The first-order valence-corrected chi connectivity index (χ1v) is 6.87. The molecular weight excluding hydrogens is 341 g/mol. The van der Waals surface area contributed by atoms with Crippen LogP contribution in [0.4, 0.5) is 0 Å². The molecule has 121 valence electrons. The summed E-state index contributed by atoms with van der Waals surface area (Å²) in [5.41, 5.74) is -0.461. The Morgan fingerprint density at radius 3 is 1.81 bits per heavy atom. The zero-order valence-electron chi connectivity index (χ0n) is 14.9. The number of rotatable bonds is 3. The van der Waals surface area contributed by atoms with Crippen molar-refractivity contribution in [3.63, 3.8) is 0 Å². The number of carbonyl (C=O) groups excluding carboxylic acids is 1. The van der Waals surface area contributed by atoms with Gasteiger partial charge in [-0.15, -0.1) is 0 Å². The fourth-order valence-electron chi connectivity index (χ4n) is 1.03. The minimum Gasteiger partial charge on any atom is -0.482 e. The maximum absolute atomic E-state index is 11.3. The van der Waals surface area contributed by atoms with E-state index in [9.17, 15) is 4.79 Å². The molecule has 0 amide bonds. The van der Waals surface area contributed by atoms with Gasteiger partial charge in [0.05, 0.1) is 0 Å². The van der Waals surface area contributed by atoms with Crippen molar-refractivity contribution in [3.05, 3.63) is 37.8 Å². The average Bonchev–Trinajstić information content (AvgIpc) is 2.40. The Labute approximate surface area is 156 Å². The number of esters is 1. The summed E-state index contributed by atoms with van der Waals surface area (Å²) in [5, 5.41) is 0. The van der Waals surface area contributed by atoms with Crippen molar-refractivity contribution >= 4 is 5.97 Å². The van der Waals surface area contributed by atoms with Crippen molar-refractivity contribution in [2.75, 3.05) is 6.61 Å². The standard InChI is InChI=1S/C12H16O3.2C2H6.CH3.Y/c1-12(2,3)15-11(13)9-14-10-7-5-4-6-8-10;2*1-2;;/h4-8H,9H2,1-3H3;2*1-2H3;1H3;/q;;;-1;. The van der Waals surface area contributed by atoms with Gasteiger partial charge in [0.25, 0.3) is 0 Å². The number of carbonyl (C=O) groups is 1. The second kappa shape index (κ2) is 17.6. The minimum absolute atomic E-state index is 0. The molecular formula is C17H31O3Y-. The summed E-state index contributed by atoms with van der Waals surface area (Å²) in [5.74, 6) is 0.315. The molecule has 1 radical (unpaired) electrons. The summed E-state index contributed by atoms with van der Waals surface area (Å²) in [7, 11) is 0. The molecule has 1 aromatic carbocycles. The molecule has 0 unspecified atom stereocenters. The van der Waals surface area contributed by atoms with E-state index in [4.69, 9.17) is 9.47 Å². The van der Waals surface area contributed by atoms with Gasteiger partial charge >= 0.3 is 5.97 Å². The van der Waals surface area contributed by atoms with Crippen LogP contribution in [0.3, 0.4) is 0 Å². The van der Waals surface area contributed by atoms with E-state index in [-0.39, 0.29) is 52.7 Å². The second-order valence-electron chi connectivity index (χ2n) is 4.19. The number of hydrogen-bond acceptors (Lipinski definition) is 3. The Bertz CT molecular complexity index is 319. The number of benzene rings is 1. The maximum atomic E-state index is 11.3. The Morgan fingerprint density at radius 2 is 1.43 bits per heavy atom. The van der Waals surface area contributed by atoms with Gasteiger partial charge in [0, 0.05) is 32.7 Å². The monoisotopic (exact) mass is 372 g/mol. The predicted octanol–water partition coefficient (Wildman–Crippen LogP) is 4.91. The van der Waals surface area contributed by atoms with Gasteiger partial charge in [0.1, 0.15) is 11.4 Å². The van der Waals surface area contributed by atoms with E-state index < -0.39 is 5.60 Å². The van der Waals surface area contributed by atoms with Crippen molar-refractivity contribution in [2.45, 2.75) is 54.1 Å². The Morgan fingerprint density at radius 1 is 1.00 bits per heavy atom. The molecule has 0 aliphatic heterocycles. The summed E-state index contributed by atoms with van der Waals surface area (Å²) in [6.07, 6.45) is 0. The molecule has 0 aliphatic carbocycles. The van der Waals surface area contributed by atoms with Crippen LogP contribution in [0.1, 0.15) is 48.5 Å². The Hall–Kier alpha value is -0.406. The van der Waals surface area contributed by atoms with Crippen molar-refractivity contribution in [2.24, 2.45) is 0 Å². The molecule has 3 nitrogen and oxygen atoms in total. The van der Waals surface area contributed by atoms with E-state index in [1.54, 1.807) is 12.1 Å². The molecule has 0 atom stereocenters. The fraction of sp³-hybridized carbons (Fsp3) is 0.529. The molecule has 0 aliphatic rings. The molecule has 1 aromatic rings. The van der Waals surface area contributed by atoms with Gasteiger partial charge in [-0.05, 0) is 32.9 Å². The van der Waals surface area contributed by atoms with Gasteiger partial charge in [0.2, 0.25) is 0 Å². The first kappa shape index (κ1) is 28.7. The molecule has 4 heteroatoms. The third kappa shape index (κ3) is 19.6. The van der Waals surface area contributed by atoms with Crippen molar-refractivity contribution in [1.82, 2.24) is 0 Å². The molecule has 0 N–H and O–H groups in total. The summed E-state index contributed by atoms with van der Waals surface area (Å²) in [4.78, 5) is 11.3. The van der Waals surface area contributed by atoms with Crippen LogP contribution in [0, 0.1) is 7.43 Å². The van der Waals surface area contributed by atoms with Gasteiger partial charge in [-0.2, -0.15) is 0 Å². The molecule has 0 saturated heterocycles. The van der Waals surface area contributed by atoms with E-state index in [2.05, 4.69) is 0 Å². The first-order valence-electron chi connectivity index (χ1n) is 6.87. The van der Waals surface area contributed by atoms with Gasteiger partial charge < -0.3 is 16.9 Å². The molecule has 1 rings (SSSR count). The third-order valence-corrected chi connectivity index (χ3v) is 1.52. The quantitative estimate of drug-likeness (QED) is 0.559. The average molecular weight is 372 g/mol. The smallest absolute Gasteiger partial charge is 0.344 e. The normalized spacial score (nSPS) is 8.33. The van der Waals surface area contributed by atoms with E-state index in [1.807, 2.05) is 66.7 Å². The SMILES string of the molecule is CC.CC.CC(C)(C)OC(=O)COc1ccccc1.[CH3-].[Y]. The van der Waals surface area contributed by atoms with Crippen LogP contribution in [0.25, 0.3) is 0 Å². The molecule has 0 fully saturated rings. The maximum Gasteiger partial charge on any atom is 0.344 e. The first-order chi connectivity index (χ1) is 8.97. The molecule has 0 aromatic heterocycles. The van der Waals surface area contributed by atoms with Gasteiger partial charge in [-0.1, -0.05) is 45.9 Å².